The lowest BCUT2D eigenvalue weighted by Crippen LogP contribution is -2.39. The van der Waals surface area contributed by atoms with Gasteiger partial charge in [-0.2, -0.15) is 0 Å². The average Bonchev–Trinajstić information content (AvgIpc) is 2.53. The number of nitrogens with zero attached hydrogens (tertiary/aromatic N) is 1. The summed E-state index contributed by atoms with van der Waals surface area (Å²) in [6.45, 7) is 7.11. The summed E-state index contributed by atoms with van der Waals surface area (Å²) >= 11 is 0. The Morgan fingerprint density at radius 3 is 2.52 bits per heavy atom. The van der Waals surface area contributed by atoms with Crippen molar-refractivity contribution in [2.24, 2.45) is 5.92 Å². The van der Waals surface area contributed by atoms with Crippen molar-refractivity contribution >= 4 is 11.9 Å². The molecule has 1 fully saturated rings. The summed E-state index contributed by atoms with van der Waals surface area (Å²) in [7, 11) is 0. The molecule has 5 nitrogen and oxygen atoms in total. The monoisotopic (exact) mass is 319 g/mol. The van der Waals surface area contributed by atoms with E-state index in [4.69, 9.17) is 9.84 Å². The van der Waals surface area contributed by atoms with Gasteiger partial charge in [0.05, 0.1) is 0 Å². The number of amides is 1. The third-order valence-corrected chi connectivity index (χ3v) is 4.43. The van der Waals surface area contributed by atoms with Crippen molar-refractivity contribution in [2.45, 2.75) is 40.0 Å². The molecule has 1 aliphatic rings. The molecule has 23 heavy (non-hydrogen) atoms. The van der Waals surface area contributed by atoms with Crippen LogP contribution in [0.25, 0.3) is 0 Å². The van der Waals surface area contributed by atoms with Gasteiger partial charge in [0.1, 0.15) is 5.75 Å². The van der Waals surface area contributed by atoms with E-state index >= 15 is 0 Å². The molecule has 1 amide bonds. The summed E-state index contributed by atoms with van der Waals surface area (Å²) in [6, 6.07) is 3.59. The fourth-order valence-electron chi connectivity index (χ4n) is 3.20. The zero-order chi connectivity index (χ0) is 17.0. The first-order valence-corrected chi connectivity index (χ1v) is 8.17. The quantitative estimate of drug-likeness (QED) is 0.906. The molecule has 0 bridgehead atoms. The molecule has 0 spiro atoms. The summed E-state index contributed by atoms with van der Waals surface area (Å²) in [4.78, 5) is 25.3. The third-order valence-electron chi connectivity index (χ3n) is 4.43. The average molecular weight is 319 g/mol. The van der Waals surface area contributed by atoms with E-state index in [9.17, 15) is 9.59 Å². The molecule has 0 saturated carbocycles. The van der Waals surface area contributed by atoms with Crippen molar-refractivity contribution in [1.82, 2.24) is 4.90 Å². The van der Waals surface area contributed by atoms with E-state index in [1.54, 1.807) is 12.1 Å². The fraction of sp³-hybridized carbons (Fsp3) is 0.556. The normalized spacial score (nSPS) is 17.9. The fourth-order valence-corrected chi connectivity index (χ4v) is 3.20. The van der Waals surface area contributed by atoms with Gasteiger partial charge in [-0.15, -0.1) is 0 Å². The van der Waals surface area contributed by atoms with Gasteiger partial charge in [-0.05, 0) is 55.9 Å². The van der Waals surface area contributed by atoms with Crippen LogP contribution in [0.5, 0.6) is 5.75 Å². The minimum absolute atomic E-state index is 0.0548. The Kier molecular flexibility index (Phi) is 5.64. The number of likely N-dealkylation sites (tertiary alicyclic amines) is 1. The standard InChI is InChI=1S/C18H25NO4/c1-4-14-6-5-7-19(10-14)18(22)15-8-12(2)17(13(3)9-15)23-11-16(20)21/h8-9,14H,4-7,10-11H2,1-3H3,(H,20,21). The molecule has 5 heteroatoms. The second-order valence-electron chi connectivity index (χ2n) is 6.29. The van der Waals surface area contributed by atoms with Crippen molar-refractivity contribution in [3.8, 4) is 5.75 Å². The molecule has 1 unspecified atom stereocenters. The zero-order valence-electron chi connectivity index (χ0n) is 14.1. The van der Waals surface area contributed by atoms with Crippen molar-refractivity contribution in [1.29, 1.82) is 0 Å². The van der Waals surface area contributed by atoms with E-state index in [0.717, 1.165) is 37.1 Å². The maximum absolute atomic E-state index is 12.7. The molecular formula is C18H25NO4. The van der Waals surface area contributed by atoms with Gasteiger partial charge >= 0.3 is 5.97 Å². The first-order chi connectivity index (χ1) is 10.9. The Morgan fingerprint density at radius 2 is 1.96 bits per heavy atom. The highest BCUT2D eigenvalue weighted by atomic mass is 16.5. The van der Waals surface area contributed by atoms with Crippen molar-refractivity contribution in [3.05, 3.63) is 28.8 Å². The molecule has 1 aliphatic heterocycles. The molecule has 0 aliphatic carbocycles. The number of ether oxygens (including phenoxy) is 1. The van der Waals surface area contributed by atoms with E-state index in [1.165, 1.54) is 6.42 Å². The third kappa shape index (κ3) is 4.24. The minimum Gasteiger partial charge on any atom is -0.481 e. The molecule has 1 aromatic rings. The van der Waals surface area contributed by atoms with E-state index in [1.807, 2.05) is 18.7 Å². The highest BCUT2D eigenvalue weighted by Gasteiger charge is 2.24. The van der Waals surface area contributed by atoms with Crippen molar-refractivity contribution < 1.29 is 19.4 Å². The van der Waals surface area contributed by atoms with Crippen LogP contribution in [0.3, 0.4) is 0 Å². The minimum atomic E-state index is -1.01. The maximum Gasteiger partial charge on any atom is 0.341 e. The topological polar surface area (TPSA) is 66.8 Å². The van der Waals surface area contributed by atoms with E-state index < -0.39 is 5.97 Å². The van der Waals surface area contributed by atoms with Crippen LogP contribution in [-0.4, -0.2) is 41.6 Å². The van der Waals surface area contributed by atoms with E-state index in [2.05, 4.69) is 6.92 Å². The number of carboxylic acids is 1. The predicted molar refractivity (Wildman–Crippen MR) is 88.0 cm³/mol. The second-order valence-corrected chi connectivity index (χ2v) is 6.29. The summed E-state index contributed by atoms with van der Waals surface area (Å²) in [6.07, 6.45) is 3.35. The number of rotatable bonds is 5. The summed E-state index contributed by atoms with van der Waals surface area (Å²) < 4.78 is 5.32. The van der Waals surface area contributed by atoms with Gasteiger partial charge in [0.25, 0.3) is 5.91 Å². The molecular weight excluding hydrogens is 294 g/mol. The van der Waals surface area contributed by atoms with Crippen LogP contribution in [-0.2, 0) is 4.79 Å². The Bertz CT molecular complexity index is 574. The number of hydrogen-bond donors (Lipinski definition) is 1. The predicted octanol–water partition coefficient (Wildman–Crippen LogP) is 3.03. The molecule has 1 N–H and O–H groups in total. The molecule has 0 radical (unpaired) electrons. The van der Waals surface area contributed by atoms with Crippen LogP contribution >= 0.6 is 0 Å². The van der Waals surface area contributed by atoms with Crippen LogP contribution in [0.1, 0.15) is 47.7 Å². The first kappa shape index (κ1) is 17.3. The van der Waals surface area contributed by atoms with E-state index in [0.29, 0.717) is 17.2 Å². The first-order valence-electron chi connectivity index (χ1n) is 8.17. The van der Waals surface area contributed by atoms with Crippen LogP contribution in [0.2, 0.25) is 0 Å². The Labute approximate surface area is 137 Å². The Balaban J connectivity index is 2.16. The molecule has 0 aromatic heterocycles. The number of carboxylic acid groups (broad SMARTS) is 1. The summed E-state index contributed by atoms with van der Waals surface area (Å²) in [5.74, 6) is 0.184. The van der Waals surface area contributed by atoms with Crippen LogP contribution in [0.4, 0.5) is 0 Å². The smallest absolute Gasteiger partial charge is 0.341 e. The highest BCUT2D eigenvalue weighted by Crippen LogP contribution is 2.27. The van der Waals surface area contributed by atoms with Gasteiger partial charge < -0.3 is 14.7 Å². The largest absolute Gasteiger partial charge is 0.481 e. The number of piperidine rings is 1. The van der Waals surface area contributed by atoms with Gasteiger partial charge in [-0.1, -0.05) is 13.3 Å². The van der Waals surface area contributed by atoms with Gasteiger partial charge in [0.2, 0.25) is 0 Å². The van der Waals surface area contributed by atoms with Gasteiger partial charge in [-0.3, -0.25) is 4.79 Å². The number of carbonyl (C=O) groups is 2. The Hall–Kier alpha value is -2.04. The van der Waals surface area contributed by atoms with Crippen molar-refractivity contribution in [3.63, 3.8) is 0 Å². The summed E-state index contributed by atoms with van der Waals surface area (Å²) in [5.41, 5.74) is 2.23. The molecule has 2 rings (SSSR count). The number of aryl methyl sites for hydroxylation is 2. The highest BCUT2D eigenvalue weighted by molar-refractivity contribution is 5.95. The summed E-state index contributed by atoms with van der Waals surface area (Å²) in [5, 5.41) is 8.73. The van der Waals surface area contributed by atoms with E-state index in [-0.39, 0.29) is 12.5 Å². The van der Waals surface area contributed by atoms with Gasteiger partial charge in [0.15, 0.2) is 6.61 Å². The molecule has 1 heterocycles. The molecule has 1 atom stereocenters. The number of carbonyl (C=O) groups excluding carboxylic acids is 1. The lowest BCUT2D eigenvalue weighted by atomic mass is 9.95. The number of hydrogen-bond acceptors (Lipinski definition) is 3. The van der Waals surface area contributed by atoms with Crippen LogP contribution < -0.4 is 4.74 Å². The maximum atomic E-state index is 12.7. The number of aliphatic carboxylic acids is 1. The van der Waals surface area contributed by atoms with Gasteiger partial charge in [-0.25, -0.2) is 4.79 Å². The zero-order valence-corrected chi connectivity index (χ0v) is 14.1. The SMILES string of the molecule is CCC1CCCN(C(=O)c2cc(C)c(OCC(=O)O)c(C)c2)C1. The second kappa shape index (κ2) is 7.49. The van der Waals surface area contributed by atoms with Crippen molar-refractivity contribution in [2.75, 3.05) is 19.7 Å². The van der Waals surface area contributed by atoms with Gasteiger partial charge in [0, 0.05) is 18.7 Å². The molecule has 1 aromatic carbocycles. The Morgan fingerprint density at radius 1 is 1.30 bits per heavy atom. The lowest BCUT2D eigenvalue weighted by Gasteiger charge is -2.32. The van der Waals surface area contributed by atoms with Crippen LogP contribution in [0, 0.1) is 19.8 Å². The number of benzene rings is 1. The van der Waals surface area contributed by atoms with Crippen LogP contribution in [0.15, 0.2) is 12.1 Å². The molecule has 1 saturated heterocycles. The molecule has 126 valence electrons. The lowest BCUT2D eigenvalue weighted by molar-refractivity contribution is -0.139.